The van der Waals surface area contributed by atoms with E-state index in [4.69, 9.17) is 15.2 Å². The van der Waals surface area contributed by atoms with Crippen LogP contribution in [0.1, 0.15) is 48.3 Å². The van der Waals surface area contributed by atoms with Crippen molar-refractivity contribution in [2.45, 2.75) is 38.9 Å². The van der Waals surface area contributed by atoms with E-state index in [1.165, 1.54) is 12.1 Å². The van der Waals surface area contributed by atoms with E-state index in [0.717, 1.165) is 37.4 Å². The van der Waals surface area contributed by atoms with Gasteiger partial charge in [0.05, 0.1) is 23.5 Å². The van der Waals surface area contributed by atoms with Crippen LogP contribution in [0.5, 0.6) is 0 Å². The minimum Gasteiger partial charge on any atom is -0.386 e. The van der Waals surface area contributed by atoms with Crippen molar-refractivity contribution in [3.8, 4) is 10.4 Å². The Labute approximate surface area is 230 Å². The molecular weight excluding hydrogens is 523 g/mol. The molecule has 0 saturated carbocycles. The molecule has 0 atom stereocenters. The number of halogens is 1. The van der Waals surface area contributed by atoms with E-state index in [-0.39, 0.29) is 30.2 Å². The molecule has 3 aromatic rings. The summed E-state index contributed by atoms with van der Waals surface area (Å²) in [6.45, 7) is 5.27. The van der Waals surface area contributed by atoms with Gasteiger partial charge >= 0.3 is 0 Å². The van der Waals surface area contributed by atoms with Gasteiger partial charge in [-0.3, -0.25) is 9.59 Å². The third-order valence-electron chi connectivity index (χ3n) is 6.40. The Balaban J connectivity index is 1.39. The number of aromatic nitrogens is 1. The van der Waals surface area contributed by atoms with Crippen molar-refractivity contribution in [1.82, 2.24) is 10.3 Å². The Hall–Kier alpha value is -3.38. The lowest BCUT2D eigenvalue weighted by Gasteiger charge is -2.22. The van der Waals surface area contributed by atoms with Gasteiger partial charge in [0.15, 0.2) is 0 Å². The fourth-order valence-electron chi connectivity index (χ4n) is 4.15. The summed E-state index contributed by atoms with van der Waals surface area (Å²) in [5.41, 5.74) is 5.92. The maximum absolute atomic E-state index is 14.9. The third-order valence-corrected chi connectivity index (χ3v) is 7.48. The molecule has 1 fully saturated rings. The second-order valence-electron chi connectivity index (χ2n) is 9.96. The van der Waals surface area contributed by atoms with E-state index in [1.54, 1.807) is 44.2 Å². The summed E-state index contributed by atoms with van der Waals surface area (Å²) in [7, 11) is 0. The highest BCUT2D eigenvalue weighted by Gasteiger charge is 2.21. The highest BCUT2D eigenvalue weighted by atomic mass is 32.1. The van der Waals surface area contributed by atoms with Gasteiger partial charge in [-0.1, -0.05) is 18.2 Å². The van der Waals surface area contributed by atoms with E-state index in [2.05, 4.69) is 15.6 Å². The molecule has 1 aliphatic heterocycles. The predicted octanol–water partition coefficient (Wildman–Crippen LogP) is 4.08. The molecule has 3 heterocycles. The number of pyridine rings is 1. The first kappa shape index (κ1) is 28.6. The molecule has 0 unspecified atom stereocenters. The Bertz CT molecular complexity index is 1320. The Kier molecular flexibility index (Phi) is 9.28. The summed E-state index contributed by atoms with van der Waals surface area (Å²) < 4.78 is 25.8. The molecule has 9 nitrogen and oxygen atoms in total. The van der Waals surface area contributed by atoms with Crippen molar-refractivity contribution in [2.24, 2.45) is 11.7 Å². The number of amides is 2. The molecule has 0 aliphatic carbocycles. The Morgan fingerprint density at radius 2 is 2.00 bits per heavy atom. The van der Waals surface area contributed by atoms with Crippen LogP contribution < -0.4 is 16.4 Å². The standard InChI is InChI=1S/C28H33FN4O5S/c1-28(2,36)18-6-7-20(22(29)12-18)23-13-21(26(30)35)27(39-23)33-24-5-3-4-19(32-24)15-38-16-25(34)31-14-17-8-10-37-11-9-17/h3-7,12-13,17,36H,8-11,14-16H2,1-2H3,(H2,30,35)(H,31,34)(H,32,33). The number of nitrogens with one attached hydrogen (secondary N) is 2. The number of thiophene rings is 1. The van der Waals surface area contributed by atoms with Crippen molar-refractivity contribution >= 4 is 34.0 Å². The first-order chi connectivity index (χ1) is 18.6. The summed E-state index contributed by atoms with van der Waals surface area (Å²) in [5.74, 6) is -0.504. The van der Waals surface area contributed by atoms with E-state index in [9.17, 15) is 19.1 Å². The van der Waals surface area contributed by atoms with Gasteiger partial charge in [0.25, 0.3) is 5.91 Å². The number of ether oxygens (including phenoxy) is 2. The maximum Gasteiger partial charge on any atom is 0.251 e. The van der Waals surface area contributed by atoms with E-state index in [1.807, 2.05) is 0 Å². The van der Waals surface area contributed by atoms with Crippen LogP contribution in [0, 0.1) is 11.7 Å². The number of anilines is 2. The quantitative estimate of drug-likeness (QED) is 0.279. The van der Waals surface area contributed by atoms with E-state index in [0.29, 0.717) is 39.4 Å². The van der Waals surface area contributed by atoms with Crippen LogP contribution >= 0.6 is 11.3 Å². The molecule has 2 aromatic heterocycles. The molecule has 4 rings (SSSR count). The Morgan fingerprint density at radius 1 is 1.23 bits per heavy atom. The van der Waals surface area contributed by atoms with Crippen LogP contribution in [0.25, 0.3) is 10.4 Å². The Morgan fingerprint density at radius 3 is 2.69 bits per heavy atom. The molecule has 2 amide bonds. The molecule has 5 N–H and O–H groups in total. The fourth-order valence-corrected chi connectivity index (χ4v) is 5.25. The van der Waals surface area contributed by atoms with Crippen LogP contribution in [-0.2, 0) is 26.5 Å². The zero-order valence-electron chi connectivity index (χ0n) is 22.0. The van der Waals surface area contributed by atoms with E-state index < -0.39 is 17.3 Å². The lowest BCUT2D eigenvalue weighted by molar-refractivity contribution is -0.126. The van der Waals surface area contributed by atoms with Gasteiger partial charge < -0.3 is 30.9 Å². The second kappa shape index (κ2) is 12.6. The average Bonchev–Trinajstić information content (AvgIpc) is 3.31. The number of carbonyl (C=O) groups is 2. The minimum atomic E-state index is -1.19. The largest absolute Gasteiger partial charge is 0.386 e. The molecule has 0 spiro atoms. The van der Waals surface area contributed by atoms with Crippen molar-refractivity contribution in [3.63, 3.8) is 0 Å². The van der Waals surface area contributed by atoms with Crippen LogP contribution in [0.2, 0.25) is 0 Å². The topological polar surface area (TPSA) is 136 Å². The lowest BCUT2D eigenvalue weighted by Crippen LogP contribution is -2.34. The highest BCUT2D eigenvalue weighted by molar-refractivity contribution is 7.20. The molecule has 11 heteroatoms. The number of primary amides is 1. The average molecular weight is 557 g/mol. The molecular formula is C28H33FN4O5S. The van der Waals surface area contributed by atoms with Crippen LogP contribution in [0.4, 0.5) is 15.2 Å². The zero-order chi connectivity index (χ0) is 28.0. The fraction of sp³-hybridized carbons (Fsp3) is 0.393. The number of carbonyl (C=O) groups excluding carboxylic acids is 2. The molecule has 0 bridgehead atoms. The molecule has 1 saturated heterocycles. The number of nitrogens with two attached hydrogens (primary N) is 1. The molecule has 1 aromatic carbocycles. The van der Waals surface area contributed by atoms with Crippen molar-refractivity contribution in [1.29, 1.82) is 0 Å². The first-order valence-corrected chi connectivity index (χ1v) is 13.5. The van der Waals surface area contributed by atoms with Gasteiger partial charge in [-0.2, -0.15) is 0 Å². The molecule has 1 aliphatic rings. The number of hydrogen-bond donors (Lipinski definition) is 4. The van der Waals surface area contributed by atoms with Crippen LogP contribution in [-0.4, -0.2) is 48.3 Å². The molecule has 208 valence electrons. The molecule has 39 heavy (non-hydrogen) atoms. The van der Waals surface area contributed by atoms with Crippen molar-refractivity contribution in [3.05, 3.63) is 65.1 Å². The van der Waals surface area contributed by atoms with Crippen molar-refractivity contribution < 1.29 is 28.6 Å². The third kappa shape index (κ3) is 7.82. The molecule has 0 radical (unpaired) electrons. The number of aliphatic hydroxyl groups is 1. The zero-order valence-corrected chi connectivity index (χ0v) is 22.8. The number of rotatable bonds is 11. The highest BCUT2D eigenvalue weighted by Crippen LogP contribution is 2.38. The second-order valence-corrected chi connectivity index (χ2v) is 11.0. The summed E-state index contributed by atoms with van der Waals surface area (Å²) in [6, 6.07) is 11.3. The normalized spacial score (nSPS) is 14.3. The summed E-state index contributed by atoms with van der Waals surface area (Å²) in [5, 5.41) is 16.6. The maximum atomic E-state index is 14.9. The van der Waals surface area contributed by atoms with Gasteiger partial charge in [-0.25, -0.2) is 9.37 Å². The minimum absolute atomic E-state index is 0.0829. The van der Waals surface area contributed by atoms with Gasteiger partial charge in [-0.15, -0.1) is 11.3 Å². The smallest absolute Gasteiger partial charge is 0.251 e. The lowest BCUT2D eigenvalue weighted by atomic mass is 9.96. The van der Waals surface area contributed by atoms with Gasteiger partial charge in [0.2, 0.25) is 5.91 Å². The van der Waals surface area contributed by atoms with Gasteiger partial charge in [0, 0.05) is 30.2 Å². The SMILES string of the molecule is CC(C)(O)c1ccc(-c2cc(C(N)=O)c(Nc3cccc(COCC(=O)NCC4CCOCC4)n3)s2)c(F)c1. The monoisotopic (exact) mass is 556 g/mol. The van der Waals surface area contributed by atoms with Crippen LogP contribution in [0.3, 0.4) is 0 Å². The van der Waals surface area contributed by atoms with Gasteiger partial charge in [-0.05, 0) is 62.4 Å². The number of nitrogens with zero attached hydrogens (tertiary/aromatic N) is 1. The number of benzene rings is 1. The predicted molar refractivity (Wildman–Crippen MR) is 147 cm³/mol. The van der Waals surface area contributed by atoms with E-state index >= 15 is 0 Å². The summed E-state index contributed by atoms with van der Waals surface area (Å²) in [6.07, 6.45) is 1.88. The summed E-state index contributed by atoms with van der Waals surface area (Å²) in [4.78, 5) is 29.2. The van der Waals surface area contributed by atoms with Gasteiger partial charge in [0.1, 0.15) is 23.2 Å². The number of hydrogen-bond acceptors (Lipinski definition) is 8. The van der Waals surface area contributed by atoms with Crippen molar-refractivity contribution in [2.75, 3.05) is 31.7 Å². The summed E-state index contributed by atoms with van der Waals surface area (Å²) >= 11 is 1.16. The first-order valence-electron chi connectivity index (χ1n) is 12.7. The van der Waals surface area contributed by atoms with Crippen LogP contribution in [0.15, 0.2) is 42.5 Å².